The standard InChI is InChI=1S/C12H24N4O2/c1-3-11(13)12(10-8-14-15(2)9-10)16(4-6-17)5-7-18/h8-9,11-12,17-18H,3-7,13H2,1-2H3. The molecule has 2 atom stereocenters. The van der Waals surface area contributed by atoms with Crippen LogP contribution in [0.25, 0.3) is 0 Å². The van der Waals surface area contributed by atoms with Crippen LogP contribution in [0.4, 0.5) is 0 Å². The Labute approximate surface area is 108 Å². The maximum atomic E-state index is 9.13. The molecule has 0 saturated carbocycles. The quantitative estimate of drug-likeness (QED) is 0.583. The van der Waals surface area contributed by atoms with Crippen LogP contribution >= 0.6 is 0 Å². The Bertz CT molecular complexity index is 337. The predicted octanol–water partition coefficient (Wildman–Crippen LogP) is -0.515. The molecule has 0 radical (unpaired) electrons. The number of rotatable bonds is 8. The monoisotopic (exact) mass is 256 g/mol. The second kappa shape index (κ2) is 7.48. The van der Waals surface area contributed by atoms with Gasteiger partial charge in [-0.05, 0) is 6.42 Å². The largest absolute Gasteiger partial charge is 0.395 e. The molecule has 6 nitrogen and oxygen atoms in total. The molecule has 4 N–H and O–H groups in total. The van der Waals surface area contributed by atoms with Gasteiger partial charge in [0.1, 0.15) is 0 Å². The number of hydrogen-bond donors (Lipinski definition) is 3. The molecule has 6 heteroatoms. The van der Waals surface area contributed by atoms with Crippen LogP contribution in [0.3, 0.4) is 0 Å². The molecule has 2 unspecified atom stereocenters. The van der Waals surface area contributed by atoms with E-state index in [-0.39, 0.29) is 25.3 Å². The molecule has 18 heavy (non-hydrogen) atoms. The number of aryl methyl sites for hydroxylation is 1. The van der Waals surface area contributed by atoms with Crippen molar-refractivity contribution in [2.75, 3.05) is 26.3 Å². The third kappa shape index (κ3) is 3.78. The van der Waals surface area contributed by atoms with E-state index in [1.807, 2.05) is 25.1 Å². The molecule has 1 aromatic rings. The van der Waals surface area contributed by atoms with E-state index >= 15 is 0 Å². The van der Waals surface area contributed by atoms with Crippen LogP contribution < -0.4 is 5.73 Å². The second-order valence-electron chi connectivity index (χ2n) is 4.45. The average Bonchev–Trinajstić information content (AvgIpc) is 2.76. The average molecular weight is 256 g/mol. The van der Waals surface area contributed by atoms with Crippen molar-refractivity contribution in [2.24, 2.45) is 12.8 Å². The van der Waals surface area contributed by atoms with E-state index < -0.39 is 0 Å². The molecule has 0 bridgehead atoms. The molecule has 0 fully saturated rings. The molecule has 1 heterocycles. The molecule has 0 aliphatic heterocycles. The Kier molecular flexibility index (Phi) is 6.28. The lowest BCUT2D eigenvalue weighted by Gasteiger charge is -2.33. The van der Waals surface area contributed by atoms with Crippen LogP contribution in [-0.4, -0.2) is 57.2 Å². The highest BCUT2D eigenvalue weighted by Gasteiger charge is 2.26. The predicted molar refractivity (Wildman–Crippen MR) is 70.0 cm³/mol. The van der Waals surface area contributed by atoms with E-state index in [0.29, 0.717) is 13.1 Å². The molecule has 0 saturated heterocycles. The Morgan fingerprint density at radius 1 is 1.39 bits per heavy atom. The fourth-order valence-electron chi connectivity index (χ4n) is 2.19. The molecule has 0 spiro atoms. The van der Waals surface area contributed by atoms with E-state index in [1.54, 1.807) is 10.9 Å². The highest BCUT2D eigenvalue weighted by molar-refractivity contribution is 5.13. The van der Waals surface area contributed by atoms with Crippen LogP contribution in [0, 0.1) is 0 Å². The van der Waals surface area contributed by atoms with Gasteiger partial charge in [0.25, 0.3) is 0 Å². The summed E-state index contributed by atoms with van der Waals surface area (Å²) in [6.07, 6.45) is 4.55. The van der Waals surface area contributed by atoms with Crippen molar-refractivity contribution in [3.8, 4) is 0 Å². The van der Waals surface area contributed by atoms with Crippen molar-refractivity contribution in [3.63, 3.8) is 0 Å². The lowest BCUT2D eigenvalue weighted by Crippen LogP contribution is -2.43. The first kappa shape index (κ1) is 15.1. The van der Waals surface area contributed by atoms with Gasteiger partial charge in [0.2, 0.25) is 0 Å². The second-order valence-corrected chi connectivity index (χ2v) is 4.45. The summed E-state index contributed by atoms with van der Waals surface area (Å²) in [7, 11) is 1.86. The Balaban J connectivity index is 2.94. The van der Waals surface area contributed by atoms with E-state index in [9.17, 15) is 0 Å². The summed E-state index contributed by atoms with van der Waals surface area (Å²) in [6, 6.07) is -0.0738. The van der Waals surface area contributed by atoms with Gasteiger partial charge in [-0.1, -0.05) is 6.92 Å². The first-order valence-corrected chi connectivity index (χ1v) is 6.33. The van der Waals surface area contributed by atoms with Gasteiger partial charge in [-0.2, -0.15) is 5.10 Å². The number of aliphatic hydroxyl groups is 2. The van der Waals surface area contributed by atoms with Crippen LogP contribution in [-0.2, 0) is 7.05 Å². The summed E-state index contributed by atoms with van der Waals surface area (Å²) in [5, 5.41) is 22.4. The van der Waals surface area contributed by atoms with Gasteiger partial charge in [0.05, 0.1) is 25.5 Å². The van der Waals surface area contributed by atoms with Crippen molar-refractivity contribution in [1.29, 1.82) is 0 Å². The van der Waals surface area contributed by atoms with Crippen molar-refractivity contribution >= 4 is 0 Å². The van der Waals surface area contributed by atoms with Crippen LogP contribution in [0.15, 0.2) is 12.4 Å². The van der Waals surface area contributed by atoms with Crippen molar-refractivity contribution in [3.05, 3.63) is 18.0 Å². The minimum absolute atomic E-state index is 0.0250. The number of nitrogens with zero attached hydrogens (tertiary/aromatic N) is 3. The molecular formula is C12H24N4O2. The maximum Gasteiger partial charge on any atom is 0.0558 e. The van der Waals surface area contributed by atoms with Crippen LogP contribution in [0.1, 0.15) is 24.9 Å². The number of hydrogen-bond acceptors (Lipinski definition) is 5. The van der Waals surface area contributed by atoms with Gasteiger partial charge in [0, 0.05) is 37.9 Å². The number of nitrogens with two attached hydrogens (primary N) is 1. The molecule has 104 valence electrons. The molecule has 1 aromatic heterocycles. The van der Waals surface area contributed by atoms with Gasteiger partial charge < -0.3 is 15.9 Å². The summed E-state index contributed by atoms with van der Waals surface area (Å²) < 4.78 is 1.74. The Hall–Kier alpha value is -0.950. The molecule has 0 aromatic carbocycles. The van der Waals surface area contributed by atoms with Gasteiger partial charge >= 0.3 is 0 Å². The van der Waals surface area contributed by atoms with Gasteiger partial charge in [0.15, 0.2) is 0 Å². The first-order valence-electron chi connectivity index (χ1n) is 6.33. The SMILES string of the molecule is CCC(N)C(c1cnn(C)c1)N(CCO)CCO. The van der Waals surface area contributed by atoms with Gasteiger partial charge in [-0.3, -0.25) is 9.58 Å². The van der Waals surface area contributed by atoms with Crippen molar-refractivity contribution < 1.29 is 10.2 Å². The summed E-state index contributed by atoms with van der Waals surface area (Å²) in [5.41, 5.74) is 7.20. The highest BCUT2D eigenvalue weighted by Crippen LogP contribution is 2.24. The highest BCUT2D eigenvalue weighted by atomic mass is 16.3. The molecule has 0 aliphatic rings. The smallest absolute Gasteiger partial charge is 0.0558 e. The number of aromatic nitrogens is 2. The van der Waals surface area contributed by atoms with E-state index in [1.165, 1.54) is 0 Å². The molecule has 0 amide bonds. The maximum absolute atomic E-state index is 9.13. The lowest BCUT2D eigenvalue weighted by molar-refractivity contribution is 0.107. The fourth-order valence-corrected chi connectivity index (χ4v) is 2.19. The van der Waals surface area contributed by atoms with Gasteiger partial charge in [-0.15, -0.1) is 0 Å². The van der Waals surface area contributed by atoms with E-state index in [2.05, 4.69) is 5.10 Å². The lowest BCUT2D eigenvalue weighted by atomic mass is 9.99. The zero-order chi connectivity index (χ0) is 13.5. The van der Waals surface area contributed by atoms with Crippen LogP contribution in [0.2, 0.25) is 0 Å². The number of aliphatic hydroxyl groups excluding tert-OH is 2. The minimum Gasteiger partial charge on any atom is -0.395 e. The summed E-state index contributed by atoms with van der Waals surface area (Å²) >= 11 is 0. The minimum atomic E-state index is -0.0488. The normalized spacial score (nSPS) is 15.0. The van der Waals surface area contributed by atoms with E-state index in [0.717, 1.165) is 12.0 Å². The fraction of sp³-hybridized carbons (Fsp3) is 0.750. The van der Waals surface area contributed by atoms with Crippen molar-refractivity contribution in [2.45, 2.75) is 25.4 Å². The Morgan fingerprint density at radius 3 is 2.39 bits per heavy atom. The van der Waals surface area contributed by atoms with E-state index in [4.69, 9.17) is 15.9 Å². The summed E-state index contributed by atoms with van der Waals surface area (Å²) in [5.74, 6) is 0. The third-order valence-electron chi connectivity index (χ3n) is 3.11. The van der Waals surface area contributed by atoms with Gasteiger partial charge in [-0.25, -0.2) is 0 Å². The first-order chi connectivity index (χ1) is 8.63. The molecule has 1 rings (SSSR count). The Morgan fingerprint density at radius 2 is 2.00 bits per heavy atom. The van der Waals surface area contributed by atoms with Crippen LogP contribution in [0.5, 0.6) is 0 Å². The molecular weight excluding hydrogens is 232 g/mol. The molecule has 0 aliphatic carbocycles. The topological polar surface area (TPSA) is 87.5 Å². The summed E-state index contributed by atoms with van der Waals surface area (Å²) in [4.78, 5) is 2.01. The zero-order valence-electron chi connectivity index (χ0n) is 11.2. The summed E-state index contributed by atoms with van der Waals surface area (Å²) in [6.45, 7) is 3.12. The zero-order valence-corrected chi connectivity index (χ0v) is 11.2. The third-order valence-corrected chi connectivity index (χ3v) is 3.11. The van der Waals surface area contributed by atoms with Crippen molar-refractivity contribution in [1.82, 2.24) is 14.7 Å².